The maximum Gasteiger partial charge on any atom is 0.106 e. The molecule has 11 heavy (non-hydrogen) atoms. The van der Waals surface area contributed by atoms with Crippen molar-refractivity contribution in [2.45, 2.75) is 13.3 Å². The fourth-order valence-corrected chi connectivity index (χ4v) is 0. The summed E-state index contributed by atoms with van der Waals surface area (Å²) >= 11 is 0. The van der Waals surface area contributed by atoms with E-state index in [1.807, 2.05) is 27.3 Å². The first-order valence-corrected chi connectivity index (χ1v) is 2.31. The quantitative estimate of drug-likeness (QED) is 0.594. The summed E-state index contributed by atoms with van der Waals surface area (Å²) in [7, 11) is 0. The van der Waals surface area contributed by atoms with Gasteiger partial charge < -0.3 is 21.0 Å². The van der Waals surface area contributed by atoms with E-state index < -0.39 is 0 Å². The Morgan fingerprint density at radius 3 is 1.18 bits per heavy atom. The molecule has 0 saturated heterocycles. The van der Waals surface area contributed by atoms with Gasteiger partial charge in [-0.3, -0.25) is 6.08 Å². The van der Waals surface area contributed by atoms with Gasteiger partial charge in [-0.05, 0) is 0 Å². The van der Waals surface area contributed by atoms with Crippen LogP contribution in [0.5, 0.6) is 0 Å². The van der Waals surface area contributed by atoms with Crippen molar-refractivity contribution < 1.29 is 31.2 Å². The van der Waals surface area contributed by atoms with Crippen LogP contribution in [0, 0.1) is 6.58 Å². The molecular formula is C7H13CoO3-. The van der Waals surface area contributed by atoms with E-state index in [9.17, 15) is 0 Å². The Balaban J connectivity index is -0.0000000152. The molecule has 0 aliphatic heterocycles. The molecule has 0 bridgehead atoms. The monoisotopic (exact) mass is 204 g/mol. The molecule has 69 valence electrons. The Kier molecular flexibility index (Phi) is 1160. The van der Waals surface area contributed by atoms with Gasteiger partial charge in [-0.2, -0.15) is 0 Å². The van der Waals surface area contributed by atoms with Crippen LogP contribution in [0.2, 0.25) is 0 Å². The summed E-state index contributed by atoms with van der Waals surface area (Å²) < 4.78 is 0. The number of hydrogen-bond acceptors (Lipinski definition) is 3. The summed E-state index contributed by atoms with van der Waals surface area (Å²) in [6, 6.07) is 0. The van der Waals surface area contributed by atoms with Gasteiger partial charge in [-0.1, -0.05) is 13.3 Å². The van der Waals surface area contributed by atoms with Crippen LogP contribution in [0.3, 0.4) is 0 Å². The first-order valence-electron chi connectivity index (χ1n) is 2.31. The molecule has 3 nitrogen and oxygen atoms in total. The summed E-state index contributed by atoms with van der Waals surface area (Å²) in [5.74, 6) is 0. The Hall–Kier alpha value is -0.744. The van der Waals surface area contributed by atoms with Crippen LogP contribution < -0.4 is 0 Å². The van der Waals surface area contributed by atoms with Crippen LogP contribution in [-0.2, 0) is 31.2 Å². The van der Waals surface area contributed by atoms with Crippen molar-refractivity contribution in [2.75, 3.05) is 0 Å². The van der Waals surface area contributed by atoms with Crippen LogP contribution >= 0.6 is 0 Å². The summed E-state index contributed by atoms with van der Waals surface area (Å²) in [6.07, 6.45) is 2.60. The van der Waals surface area contributed by atoms with Crippen LogP contribution in [-0.4, -0.2) is 20.4 Å². The molecule has 0 saturated carbocycles. The number of allylic oxidation sites excluding steroid dienone is 1. The molecule has 0 aliphatic carbocycles. The maximum atomic E-state index is 8.00. The van der Waals surface area contributed by atoms with Crippen LogP contribution in [0.15, 0.2) is 6.08 Å². The zero-order valence-electron chi connectivity index (χ0n) is 6.54. The second-order valence-corrected chi connectivity index (χ2v) is 0.644. The summed E-state index contributed by atoms with van der Waals surface area (Å²) in [4.78, 5) is 24.0. The summed E-state index contributed by atoms with van der Waals surface area (Å²) in [6.45, 7) is 12.9. The molecule has 0 aromatic carbocycles. The average molecular weight is 204 g/mol. The second-order valence-electron chi connectivity index (χ2n) is 0.644. The van der Waals surface area contributed by atoms with Crippen LogP contribution in [0.25, 0.3) is 0 Å². The normalized spacial score (nSPS) is 3.36. The molecule has 0 spiro atoms. The summed E-state index contributed by atoms with van der Waals surface area (Å²) in [5, 5.41) is 0. The molecule has 0 rings (SSSR count). The Morgan fingerprint density at radius 2 is 1.18 bits per heavy atom. The van der Waals surface area contributed by atoms with Gasteiger partial charge >= 0.3 is 0 Å². The van der Waals surface area contributed by atoms with Crippen molar-refractivity contribution in [3.05, 3.63) is 12.7 Å². The largest absolute Gasteiger partial charge is 0.518 e. The van der Waals surface area contributed by atoms with Gasteiger partial charge in [0.05, 0.1) is 0 Å². The van der Waals surface area contributed by atoms with Crippen molar-refractivity contribution in [2.24, 2.45) is 0 Å². The molecule has 1 radical (unpaired) electrons. The van der Waals surface area contributed by atoms with Crippen molar-refractivity contribution in [3.63, 3.8) is 0 Å². The number of rotatable bonds is 1. The van der Waals surface area contributed by atoms with E-state index in [4.69, 9.17) is 21.0 Å². The van der Waals surface area contributed by atoms with E-state index in [0.29, 0.717) is 0 Å². The Labute approximate surface area is 78.1 Å². The van der Waals surface area contributed by atoms with Crippen molar-refractivity contribution in [1.29, 1.82) is 0 Å². The van der Waals surface area contributed by atoms with Gasteiger partial charge in [-0.15, -0.1) is 0 Å². The minimum absolute atomic E-state index is 0. The van der Waals surface area contributed by atoms with Crippen LogP contribution in [0.4, 0.5) is 0 Å². The first-order chi connectivity index (χ1) is 4.91. The first kappa shape index (κ1) is 31.8. The molecule has 0 aromatic heterocycles. The third-order valence-electron chi connectivity index (χ3n) is 0.236. The minimum Gasteiger partial charge on any atom is -0.518 e. The van der Waals surface area contributed by atoms with E-state index in [1.54, 1.807) is 6.08 Å². The van der Waals surface area contributed by atoms with E-state index in [-0.39, 0.29) is 16.8 Å². The van der Waals surface area contributed by atoms with Crippen molar-refractivity contribution >= 4 is 20.4 Å². The number of carbonyl (C=O) groups excluding carboxylic acids is 3. The predicted octanol–water partition coefficient (Wildman–Crippen LogP) is 0.828. The van der Waals surface area contributed by atoms with E-state index in [0.717, 1.165) is 6.42 Å². The molecule has 0 aromatic rings. The van der Waals surface area contributed by atoms with Crippen LogP contribution in [0.1, 0.15) is 13.3 Å². The topological polar surface area (TPSA) is 51.2 Å². The smallest absolute Gasteiger partial charge is 0.106 e. The van der Waals surface area contributed by atoms with Gasteiger partial charge in [-0.25, -0.2) is 0 Å². The third kappa shape index (κ3) is 7410. The molecular weight excluding hydrogens is 191 g/mol. The number of carbonyl (C=O) groups is 3. The maximum absolute atomic E-state index is 8.00. The zero-order chi connectivity index (χ0) is 9.41. The average Bonchev–Trinajstić information content (AvgIpc) is 2.14. The molecule has 4 heteroatoms. The van der Waals surface area contributed by atoms with E-state index in [2.05, 4.69) is 0 Å². The fraction of sp³-hybridized carbons (Fsp3) is 0.286. The van der Waals surface area contributed by atoms with Gasteiger partial charge in [0.25, 0.3) is 0 Å². The SMILES string of the molecule is C=O.C=O.C=O.[CH-]=CCC.[Co]. The van der Waals surface area contributed by atoms with Gasteiger partial charge in [0.2, 0.25) is 0 Å². The number of hydrogen-bond donors (Lipinski definition) is 0. The molecule has 0 unspecified atom stereocenters. The van der Waals surface area contributed by atoms with E-state index >= 15 is 0 Å². The third-order valence-corrected chi connectivity index (χ3v) is 0.236. The van der Waals surface area contributed by atoms with E-state index in [1.165, 1.54) is 0 Å². The second kappa shape index (κ2) is 400. The fourth-order valence-electron chi connectivity index (χ4n) is 0. The van der Waals surface area contributed by atoms with Crippen molar-refractivity contribution in [1.82, 2.24) is 0 Å². The summed E-state index contributed by atoms with van der Waals surface area (Å²) in [5.41, 5.74) is 0. The molecule has 0 heterocycles. The zero-order valence-corrected chi connectivity index (χ0v) is 7.58. The molecule has 0 aliphatic rings. The Bertz CT molecular complexity index is 46.2. The van der Waals surface area contributed by atoms with Gasteiger partial charge in [0, 0.05) is 16.8 Å². The van der Waals surface area contributed by atoms with Gasteiger partial charge in [0.1, 0.15) is 20.4 Å². The predicted molar refractivity (Wildman–Crippen MR) is 40.5 cm³/mol. The molecule has 0 N–H and O–H groups in total. The van der Waals surface area contributed by atoms with Crippen molar-refractivity contribution in [3.8, 4) is 0 Å². The minimum atomic E-state index is 0. The Morgan fingerprint density at radius 1 is 1.09 bits per heavy atom. The molecule has 0 atom stereocenters. The molecule has 0 amide bonds. The van der Waals surface area contributed by atoms with Gasteiger partial charge in [0.15, 0.2) is 0 Å². The standard InChI is InChI=1S/C4H7.3CH2O.Co/c1-3-4-2;3*1-2;/h1,3H,4H2,2H3;3*1H2;/q-1;;;;. The molecule has 0 fully saturated rings.